The molecule has 1 aromatic rings. The van der Waals surface area contributed by atoms with Gasteiger partial charge in [-0.1, -0.05) is 0 Å². The van der Waals surface area contributed by atoms with E-state index < -0.39 is 0 Å². The number of aromatic nitrogens is 1. The Labute approximate surface area is 130 Å². The third kappa shape index (κ3) is 5.00. The molecule has 1 saturated heterocycles. The quantitative estimate of drug-likeness (QED) is 0.876. The minimum absolute atomic E-state index is 0.0312. The number of morpholine rings is 1. The van der Waals surface area contributed by atoms with Gasteiger partial charge in [0.1, 0.15) is 0 Å². The van der Waals surface area contributed by atoms with E-state index in [9.17, 15) is 9.59 Å². The van der Waals surface area contributed by atoms with Crippen molar-refractivity contribution in [1.29, 1.82) is 0 Å². The molecule has 0 bridgehead atoms. The Kier molecular flexibility index (Phi) is 5.71. The van der Waals surface area contributed by atoms with Crippen LogP contribution in [0.1, 0.15) is 20.3 Å². The molecule has 1 fully saturated rings. The van der Waals surface area contributed by atoms with E-state index in [-0.39, 0.29) is 30.6 Å². The number of hydrogen-bond acceptors (Lipinski definition) is 4. The molecule has 2 rings (SSSR count). The van der Waals surface area contributed by atoms with Gasteiger partial charge in [-0.25, -0.2) is 4.79 Å². The molecule has 2 atom stereocenters. The third-order valence-electron chi connectivity index (χ3n) is 3.32. The maximum atomic E-state index is 12.1. The van der Waals surface area contributed by atoms with Gasteiger partial charge in [0.25, 0.3) is 0 Å². The van der Waals surface area contributed by atoms with Gasteiger partial charge in [0.2, 0.25) is 5.91 Å². The summed E-state index contributed by atoms with van der Waals surface area (Å²) in [6, 6.07) is 3.14. The lowest BCUT2D eigenvalue weighted by Crippen LogP contribution is -2.48. The molecule has 3 amide bonds. The summed E-state index contributed by atoms with van der Waals surface area (Å²) in [5, 5.41) is 5.32. The molecule has 120 valence electrons. The zero-order chi connectivity index (χ0) is 15.9. The minimum atomic E-state index is -0.343. The van der Waals surface area contributed by atoms with E-state index in [0.29, 0.717) is 25.3 Å². The number of ether oxygens (including phenoxy) is 1. The fraction of sp³-hybridized carbons (Fsp3) is 0.533. The van der Waals surface area contributed by atoms with Gasteiger partial charge in [-0.2, -0.15) is 0 Å². The zero-order valence-corrected chi connectivity index (χ0v) is 12.9. The number of hydrogen-bond donors (Lipinski definition) is 2. The number of carbonyl (C=O) groups excluding carboxylic acids is 2. The molecule has 0 radical (unpaired) electrons. The van der Waals surface area contributed by atoms with Crippen molar-refractivity contribution in [2.24, 2.45) is 0 Å². The van der Waals surface area contributed by atoms with Gasteiger partial charge in [0.05, 0.1) is 24.1 Å². The SMILES string of the molecule is C[C@@H]1CN(C(=O)CCNC(=O)Nc2cccnc2)C[C@@H](C)O1. The lowest BCUT2D eigenvalue weighted by molar-refractivity contribution is -0.143. The molecule has 7 heteroatoms. The van der Waals surface area contributed by atoms with Crippen molar-refractivity contribution < 1.29 is 14.3 Å². The Hall–Kier alpha value is -2.15. The number of pyridine rings is 1. The Morgan fingerprint density at radius 1 is 1.36 bits per heavy atom. The average molecular weight is 306 g/mol. The number of urea groups is 1. The highest BCUT2D eigenvalue weighted by atomic mass is 16.5. The summed E-state index contributed by atoms with van der Waals surface area (Å²) >= 11 is 0. The van der Waals surface area contributed by atoms with E-state index in [0.717, 1.165) is 0 Å². The standard InChI is InChI=1S/C15H22N4O3/c1-11-9-19(10-12(2)22-11)14(20)5-7-17-15(21)18-13-4-3-6-16-8-13/h3-4,6,8,11-12H,5,7,9-10H2,1-2H3,(H2,17,18,21)/t11-,12-/m1/s1. The molecular weight excluding hydrogens is 284 g/mol. The molecular formula is C15H22N4O3. The van der Waals surface area contributed by atoms with Crippen LogP contribution >= 0.6 is 0 Å². The maximum absolute atomic E-state index is 12.1. The van der Waals surface area contributed by atoms with Crippen molar-refractivity contribution in [1.82, 2.24) is 15.2 Å². The summed E-state index contributed by atoms with van der Waals surface area (Å²) in [7, 11) is 0. The number of nitrogens with one attached hydrogen (secondary N) is 2. The fourth-order valence-electron chi connectivity index (χ4n) is 2.43. The topological polar surface area (TPSA) is 83.6 Å². The summed E-state index contributed by atoms with van der Waals surface area (Å²) in [4.78, 5) is 29.5. The summed E-state index contributed by atoms with van der Waals surface area (Å²) in [5.74, 6) is 0.0312. The van der Waals surface area contributed by atoms with Gasteiger partial charge in [0.15, 0.2) is 0 Å². The Morgan fingerprint density at radius 3 is 2.73 bits per heavy atom. The number of anilines is 1. The number of nitrogens with zero attached hydrogens (tertiary/aromatic N) is 2. The second-order valence-corrected chi connectivity index (χ2v) is 5.43. The van der Waals surface area contributed by atoms with Gasteiger partial charge in [0, 0.05) is 32.3 Å². The molecule has 2 heterocycles. The molecule has 0 aromatic carbocycles. The molecule has 0 spiro atoms. The molecule has 0 aliphatic carbocycles. The molecule has 0 saturated carbocycles. The number of amides is 3. The van der Waals surface area contributed by atoms with Crippen LogP contribution in [0.3, 0.4) is 0 Å². The van der Waals surface area contributed by atoms with Crippen LogP contribution in [0, 0.1) is 0 Å². The van der Waals surface area contributed by atoms with Crippen LogP contribution in [0.15, 0.2) is 24.5 Å². The Morgan fingerprint density at radius 2 is 2.09 bits per heavy atom. The van der Waals surface area contributed by atoms with E-state index in [4.69, 9.17) is 4.74 Å². The van der Waals surface area contributed by atoms with Gasteiger partial charge in [-0.15, -0.1) is 0 Å². The van der Waals surface area contributed by atoms with Crippen molar-refractivity contribution in [2.45, 2.75) is 32.5 Å². The fourth-order valence-corrected chi connectivity index (χ4v) is 2.43. The predicted octanol–water partition coefficient (Wildman–Crippen LogP) is 1.23. The van der Waals surface area contributed by atoms with Gasteiger partial charge < -0.3 is 20.3 Å². The predicted molar refractivity (Wildman–Crippen MR) is 82.5 cm³/mol. The smallest absolute Gasteiger partial charge is 0.319 e. The summed E-state index contributed by atoms with van der Waals surface area (Å²) < 4.78 is 5.60. The summed E-state index contributed by atoms with van der Waals surface area (Å²) in [6.07, 6.45) is 3.57. The average Bonchev–Trinajstić information content (AvgIpc) is 2.47. The highest BCUT2D eigenvalue weighted by molar-refractivity contribution is 5.89. The van der Waals surface area contributed by atoms with Crippen LogP contribution in [0.25, 0.3) is 0 Å². The van der Waals surface area contributed by atoms with Crippen LogP contribution in [-0.2, 0) is 9.53 Å². The first-order valence-corrected chi connectivity index (χ1v) is 7.42. The number of carbonyl (C=O) groups is 2. The molecule has 7 nitrogen and oxygen atoms in total. The van der Waals surface area contributed by atoms with Crippen LogP contribution in [0.2, 0.25) is 0 Å². The van der Waals surface area contributed by atoms with Crippen molar-refractivity contribution in [3.8, 4) is 0 Å². The largest absolute Gasteiger partial charge is 0.372 e. The molecule has 1 aromatic heterocycles. The van der Waals surface area contributed by atoms with Crippen molar-refractivity contribution >= 4 is 17.6 Å². The second kappa shape index (κ2) is 7.74. The van der Waals surface area contributed by atoms with Gasteiger partial charge >= 0.3 is 6.03 Å². The van der Waals surface area contributed by atoms with E-state index in [1.807, 2.05) is 13.8 Å². The van der Waals surface area contributed by atoms with Crippen molar-refractivity contribution in [3.05, 3.63) is 24.5 Å². The summed E-state index contributed by atoms with van der Waals surface area (Å²) in [6.45, 7) is 5.41. The van der Waals surface area contributed by atoms with Gasteiger partial charge in [-0.3, -0.25) is 9.78 Å². The van der Waals surface area contributed by atoms with E-state index in [1.165, 1.54) is 0 Å². The first-order valence-electron chi connectivity index (χ1n) is 7.42. The van der Waals surface area contributed by atoms with Crippen LogP contribution in [0.5, 0.6) is 0 Å². The third-order valence-corrected chi connectivity index (χ3v) is 3.32. The van der Waals surface area contributed by atoms with Crippen LogP contribution in [-0.4, -0.2) is 53.7 Å². The molecule has 0 unspecified atom stereocenters. The van der Waals surface area contributed by atoms with E-state index >= 15 is 0 Å². The van der Waals surface area contributed by atoms with E-state index in [2.05, 4.69) is 15.6 Å². The van der Waals surface area contributed by atoms with Crippen molar-refractivity contribution in [2.75, 3.05) is 25.0 Å². The minimum Gasteiger partial charge on any atom is -0.372 e. The first kappa shape index (κ1) is 16.2. The Balaban J connectivity index is 1.69. The maximum Gasteiger partial charge on any atom is 0.319 e. The van der Waals surface area contributed by atoms with Crippen LogP contribution in [0.4, 0.5) is 10.5 Å². The molecule has 2 N–H and O–H groups in total. The summed E-state index contributed by atoms with van der Waals surface area (Å²) in [5.41, 5.74) is 0.613. The lowest BCUT2D eigenvalue weighted by Gasteiger charge is -2.35. The molecule has 1 aliphatic rings. The normalized spacial score (nSPS) is 21.3. The highest BCUT2D eigenvalue weighted by Crippen LogP contribution is 2.11. The number of rotatable bonds is 4. The highest BCUT2D eigenvalue weighted by Gasteiger charge is 2.25. The first-order chi connectivity index (χ1) is 10.5. The van der Waals surface area contributed by atoms with E-state index in [1.54, 1.807) is 29.4 Å². The van der Waals surface area contributed by atoms with Gasteiger partial charge in [-0.05, 0) is 26.0 Å². The van der Waals surface area contributed by atoms with Crippen LogP contribution < -0.4 is 10.6 Å². The lowest BCUT2D eigenvalue weighted by atomic mass is 10.2. The zero-order valence-electron chi connectivity index (χ0n) is 12.9. The second-order valence-electron chi connectivity index (χ2n) is 5.43. The van der Waals surface area contributed by atoms with Crippen molar-refractivity contribution in [3.63, 3.8) is 0 Å². The molecule has 1 aliphatic heterocycles. The Bertz CT molecular complexity index is 499. The monoisotopic (exact) mass is 306 g/mol. The molecule has 22 heavy (non-hydrogen) atoms.